The van der Waals surface area contributed by atoms with Crippen molar-refractivity contribution in [1.29, 1.82) is 0 Å². The van der Waals surface area contributed by atoms with Gasteiger partial charge in [-0.15, -0.1) is 11.3 Å². The summed E-state index contributed by atoms with van der Waals surface area (Å²) in [6.07, 6.45) is 0.938. The van der Waals surface area contributed by atoms with Crippen LogP contribution in [0.2, 0.25) is 0 Å². The van der Waals surface area contributed by atoms with Gasteiger partial charge >= 0.3 is 0 Å². The Kier molecular flexibility index (Phi) is 3.95. The van der Waals surface area contributed by atoms with Crippen LogP contribution in [0.5, 0.6) is 0 Å². The summed E-state index contributed by atoms with van der Waals surface area (Å²) in [6.45, 7) is 2.80. The molecule has 1 aliphatic rings. The van der Waals surface area contributed by atoms with E-state index in [4.69, 9.17) is 0 Å². The van der Waals surface area contributed by atoms with Crippen LogP contribution in [-0.2, 0) is 6.42 Å². The van der Waals surface area contributed by atoms with Crippen LogP contribution in [0, 0.1) is 6.92 Å². The zero-order valence-corrected chi connectivity index (χ0v) is 14.4. The Labute approximate surface area is 146 Å². The monoisotopic (exact) mass is 333 g/mol. The largest absolute Gasteiger partial charge is 0.327 e. The normalized spacial score (nSPS) is 16.7. The summed E-state index contributed by atoms with van der Waals surface area (Å²) in [5.74, 6) is 0.112. The van der Waals surface area contributed by atoms with E-state index >= 15 is 0 Å². The SMILES string of the molecule is Cc1ccc(C(=O)N2CCc3sccc3[C@@H]2c2ccccc2)cc1. The molecule has 120 valence electrons. The molecular weight excluding hydrogens is 314 g/mol. The van der Waals surface area contributed by atoms with Gasteiger partial charge in [-0.2, -0.15) is 0 Å². The molecule has 1 amide bonds. The van der Waals surface area contributed by atoms with Crippen molar-refractivity contribution in [1.82, 2.24) is 4.90 Å². The Morgan fingerprint density at radius 2 is 1.79 bits per heavy atom. The standard InChI is InChI=1S/C21H19NOS/c1-15-7-9-17(10-8-15)21(23)22-13-11-19-18(12-14-24-19)20(22)16-5-3-2-4-6-16/h2-10,12,14,20H,11,13H2,1H3/t20-/m0/s1. The lowest BCUT2D eigenvalue weighted by atomic mass is 9.92. The molecule has 1 atom stereocenters. The summed E-state index contributed by atoms with van der Waals surface area (Å²) >= 11 is 1.80. The first-order chi connectivity index (χ1) is 11.7. The molecule has 4 rings (SSSR count). The van der Waals surface area contributed by atoms with E-state index < -0.39 is 0 Å². The number of hydrogen-bond donors (Lipinski definition) is 0. The smallest absolute Gasteiger partial charge is 0.254 e. The minimum Gasteiger partial charge on any atom is -0.327 e. The summed E-state index contributed by atoms with van der Waals surface area (Å²) in [7, 11) is 0. The maximum Gasteiger partial charge on any atom is 0.254 e. The summed E-state index contributed by atoms with van der Waals surface area (Å²) in [5.41, 5.74) is 4.39. The number of carbonyl (C=O) groups is 1. The van der Waals surface area contributed by atoms with Crippen LogP contribution in [0.3, 0.4) is 0 Å². The molecular formula is C21H19NOS. The minimum absolute atomic E-state index is 0.00926. The zero-order valence-electron chi connectivity index (χ0n) is 13.6. The number of hydrogen-bond acceptors (Lipinski definition) is 2. The van der Waals surface area contributed by atoms with Gasteiger partial charge in [0.05, 0.1) is 6.04 Å². The van der Waals surface area contributed by atoms with E-state index in [0.29, 0.717) is 0 Å². The number of nitrogens with zero attached hydrogens (tertiary/aromatic N) is 1. The predicted molar refractivity (Wildman–Crippen MR) is 98.5 cm³/mol. The molecule has 2 heterocycles. The van der Waals surface area contributed by atoms with Crippen LogP contribution in [0.1, 0.15) is 38.0 Å². The average molecular weight is 333 g/mol. The van der Waals surface area contributed by atoms with Crippen molar-refractivity contribution >= 4 is 17.2 Å². The Bertz CT molecular complexity index is 851. The first-order valence-electron chi connectivity index (χ1n) is 8.23. The average Bonchev–Trinajstić information content (AvgIpc) is 3.10. The van der Waals surface area contributed by atoms with Crippen LogP contribution < -0.4 is 0 Å². The maximum absolute atomic E-state index is 13.2. The first kappa shape index (κ1) is 15.2. The lowest BCUT2D eigenvalue weighted by Crippen LogP contribution is -2.40. The van der Waals surface area contributed by atoms with Gasteiger partial charge in [0.25, 0.3) is 5.91 Å². The molecule has 0 unspecified atom stereocenters. The van der Waals surface area contributed by atoms with Crippen molar-refractivity contribution in [3.05, 3.63) is 93.2 Å². The quantitative estimate of drug-likeness (QED) is 0.657. The second-order valence-electron chi connectivity index (χ2n) is 6.23. The lowest BCUT2D eigenvalue weighted by molar-refractivity contribution is 0.0696. The molecule has 0 saturated carbocycles. The fourth-order valence-corrected chi connectivity index (χ4v) is 4.30. The van der Waals surface area contributed by atoms with Crippen molar-refractivity contribution in [3.63, 3.8) is 0 Å². The Morgan fingerprint density at radius 3 is 2.54 bits per heavy atom. The van der Waals surface area contributed by atoms with Crippen molar-refractivity contribution < 1.29 is 4.79 Å². The number of rotatable bonds is 2. The number of fused-ring (bicyclic) bond motifs is 1. The summed E-state index contributed by atoms with van der Waals surface area (Å²) in [4.78, 5) is 16.6. The third-order valence-corrected chi connectivity index (χ3v) is 5.64. The van der Waals surface area contributed by atoms with Crippen molar-refractivity contribution in [2.75, 3.05) is 6.54 Å². The third kappa shape index (κ3) is 2.65. The molecule has 0 bridgehead atoms. The molecule has 2 nitrogen and oxygen atoms in total. The van der Waals surface area contributed by atoms with Crippen LogP contribution >= 0.6 is 11.3 Å². The van der Waals surface area contributed by atoms with Gasteiger partial charge < -0.3 is 4.90 Å². The Balaban J connectivity index is 1.76. The van der Waals surface area contributed by atoms with Crippen LogP contribution in [0.15, 0.2) is 66.0 Å². The first-order valence-corrected chi connectivity index (χ1v) is 9.11. The highest BCUT2D eigenvalue weighted by molar-refractivity contribution is 7.10. The van der Waals surface area contributed by atoms with E-state index in [1.165, 1.54) is 21.6 Å². The molecule has 0 radical (unpaired) electrons. The fourth-order valence-electron chi connectivity index (χ4n) is 3.39. The summed E-state index contributed by atoms with van der Waals surface area (Å²) in [5, 5.41) is 2.14. The van der Waals surface area contributed by atoms with E-state index in [2.05, 4.69) is 23.6 Å². The molecule has 3 aromatic rings. The molecule has 0 aliphatic carbocycles. The highest BCUT2D eigenvalue weighted by atomic mass is 32.1. The minimum atomic E-state index is 0.00926. The summed E-state index contributed by atoms with van der Waals surface area (Å²) < 4.78 is 0. The van der Waals surface area contributed by atoms with Crippen LogP contribution in [-0.4, -0.2) is 17.4 Å². The van der Waals surface area contributed by atoms with E-state index in [-0.39, 0.29) is 11.9 Å². The maximum atomic E-state index is 13.2. The van der Waals surface area contributed by atoms with Gasteiger partial charge in [0.1, 0.15) is 0 Å². The third-order valence-electron chi connectivity index (χ3n) is 4.64. The lowest BCUT2D eigenvalue weighted by Gasteiger charge is -2.36. The van der Waals surface area contributed by atoms with Gasteiger partial charge in [-0.05, 0) is 48.1 Å². The molecule has 0 saturated heterocycles. The number of carbonyl (C=O) groups excluding carboxylic acids is 1. The van der Waals surface area contributed by atoms with Gasteiger partial charge in [-0.25, -0.2) is 0 Å². The second kappa shape index (κ2) is 6.25. The molecule has 0 N–H and O–H groups in total. The van der Waals surface area contributed by atoms with Gasteiger partial charge in [-0.1, -0.05) is 48.0 Å². The molecule has 3 heteroatoms. The van der Waals surface area contributed by atoms with E-state index in [9.17, 15) is 4.79 Å². The zero-order chi connectivity index (χ0) is 16.5. The number of thiophene rings is 1. The molecule has 1 aromatic heterocycles. The molecule has 1 aliphatic heterocycles. The van der Waals surface area contributed by atoms with E-state index in [1.807, 2.05) is 54.3 Å². The molecule has 2 aromatic carbocycles. The highest BCUT2D eigenvalue weighted by Gasteiger charge is 2.33. The predicted octanol–water partition coefficient (Wildman–Crippen LogP) is 4.84. The van der Waals surface area contributed by atoms with Crippen molar-refractivity contribution in [3.8, 4) is 0 Å². The molecule has 0 fully saturated rings. The van der Waals surface area contributed by atoms with Crippen molar-refractivity contribution in [2.24, 2.45) is 0 Å². The molecule has 0 spiro atoms. The van der Waals surface area contributed by atoms with E-state index in [0.717, 1.165) is 18.5 Å². The van der Waals surface area contributed by atoms with Crippen molar-refractivity contribution in [2.45, 2.75) is 19.4 Å². The number of aryl methyl sites for hydroxylation is 1. The van der Waals surface area contributed by atoms with E-state index in [1.54, 1.807) is 11.3 Å². The fraction of sp³-hybridized carbons (Fsp3) is 0.190. The Morgan fingerprint density at radius 1 is 1.04 bits per heavy atom. The van der Waals surface area contributed by atoms with Gasteiger partial charge in [0.15, 0.2) is 0 Å². The summed E-state index contributed by atoms with van der Waals surface area (Å²) in [6, 6.07) is 20.4. The van der Waals surface area contributed by atoms with Crippen LogP contribution in [0.4, 0.5) is 0 Å². The highest BCUT2D eigenvalue weighted by Crippen LogP contribution is 2.38. The molecule has 24 heavy (non-hydrogen) atoms. The van der Waals surface area contributed by atoms with Gasteiger partial charge in [-0.3, -0.25) is 4.79 Å². The Hall–Kier alpha value is -2.39. The van der Waals surface area contributed by atoms with Crippen LogP contribution in [0.25, 0.3) is 0 Å². The van der Waals surface area contributed by atoms with Gasteiger partial charge in [0, 0.05) is 17.0 Å². The van der Waals surface area contributed by atoms with Gasteiger partial charge in [0.2, 0.25) is 0 Å². The topological polar surface area (TPSA) is 20.3 Å². The number of benzene rings is 2. The second-order valence-corrected chi connectivity index (χ2v) is 7.23. The number of amides is 1.